The monoisotopic (exact) mass is 307 g/mol. The van der Waals surface area contributed by atoms with E-state index in [2.05, 4.69) is 29.5 Å². The Balaban J connectivity index is 2.07. The number of nitrogens with one attached hydrogen (secondary N) is 1. The maximum atomic E-state index is 13.4. The second-order valence-electron chi connectivity index (χ2n) is 5.29. The summed E-state index contributed by atoms with van der Waals surface area (Å²) in [6.07, 6.45) is 0.975. The summed E-state index contributed by atoms with van der Waals surface area (Å²) in [6.45, 7) is 4.93. The van der Waals surface area contributed by atoms with E-state index in [9.17, 15) is 4.39 Å². The topological polar surface area (TPSA) is 28.2 Å². The summed E-state index contributed by atoms with van der Waals surface area (Å²) in [5.74, 6) is -0.207. The van der Waals surface area contributed by atoms with Crippen molar-refractivity contribution in [1.29, 1.82) is 0 Å². The van der Waals surface area contributed by atoms with E-state index in [4.69, 9.17) is 0 Å². The summed E-state index contributed by atoms with van der Waals surface area (Å²) >= 11 is 1.70. The molecule has 0 radical (unpaired) electrons. The molecule has 3 nitrogen and oxygen atoms in total. The highest BCUT2D eigenvalue weighted by Gasteiger charge is 2.13. The average Bonchev–Trinajstić information content (AvgIpc) is 2.92. The lowest BCUT2D eigenvalue weighted by atomic mass is 10.1. The van der Waals surface area contributed by atoms with Gasteiger partial charge in [-0.1, -0.05) is 13.0 Å². The quantitative estimate of drug-likeness (QED) is 0.880. The Morgan fingerprint density at radius 2 is 2.14 bits per heavy atom. The highest BCUT2D eigenvalue weighted by molar-refractivity contribution is 7.09. The Morgan fingerprint density at radius 3 is 2.76 bits per heavy atom. The van der Waals surface area contributed by atoms with Crippen molar-refractivity contribution >= 4 is 17.0 Å². The van der Waals surface area contributed by atoms with Gasteiger partial charge in [-0.3, -0.25) is 0 Å². The van der Waals surface area contributed by atoms with Crippen molar-refractivity contribution in [1.82, 2.24) is 10.3 Å². The second kappa shape index (κ2) is 7.00. The zero-order valence-electron chi connectivity index (χ0n) is 13.0. The number of aryl methyl sites for hydroxylation is 1. The van der Waals surface area contributed by atoms with E-state index in [1.165, 1.54) is 6.07 Å². The van der Waals surface area contributed by atoms with Gasteiger partial charge in [0.05, 0.1) is 10.7 Å². The first-order valence-electron chi connectivity index (χ1n) is 7.14. The molecule has 1 atom stereocenters. The third-order valence-electron chi connectivity index (χ3n) is 3.43. The van der Waals surface area contributed by atoms with E-state index in [1.54, 1.807) is 17.4 Å². The molecule has 2 aromatic rings. The Hall–Kier alpha value is -1.46. The van der Waals surface area contributed by atoms with Gasteiger partial charge in [-0.2, -0.15) is 0 Å². The number of anilines is 1. The lowest BCUT2D eigenvalue weighted by molar-refractivity contribution is 0.565. The largest absolute Gasteiger partial charge is 0.377 e. The van der Waals surface area contributed by atoms with E-state index in [0.29, 0.717) is 0 Å². The van der Waals surface area contributed by atoms with Crippen LogP contribution in [0.25, 0.3) is 0 Å². The van der Waals surface area contributed by atoms with E-state index >= 15 is 0 Å². The summed E-state index contributed by atoms with van der Waals surface area (Å²) in [5.41, 5.74) is 3.06. The fourth-order valence-electron chi connectivity index (χ4n) is 2.23. The van der Waals surface area contributed by atoms with Crippen LogP contribution in [0.15, 0.2) is 23.6 Å². The number of aromatic nitrogens is 1. The van der Waals surface area contributed by atoms with Crippen LogP contribution < -0.4 is 10.2 Å². The van der Waals surface area contributed by atoms with Gasteiger partial charge in [0.15, 0.2) is 0 Å². The Morgan fingerprint density at radius 1 is 1.38 bits per heavy atom. The predicted molar refractivity (Wildman–Crippen MR) is 87.5 cm³/mol. The lowest BCUT2D eigenvalue weighted by Crippen LogP contribution is -2.21. The van der Waals surface area contributed by atoms with Gasteiger partial charge in [-0.25, -0.2) is 9.37 Å². The van der Waals surface area contributed by atoms with Crippen LogP contribution in [-0.2, 0) is 13.0 Å². The summed E-state index contributed by atoms with van der Waals surface area (Å²) in [6, 6.07) is 5.07. The van der Waals surface area contributed by atoms with E-state index in [1.807, 2.05) is 25.1 Å². The molecule has 0 aliphatic rings. The van der Waals surface area contributed by atoms with Crippen LogP contribution in [0.4, 0.5) is 10.1 Å². The molecule has 1 unspecified atom stereocenters. The van der Waals surface area contributed by atoms with Gasteiger partial charge < -0.3 is 10.2 Å². The van der Waals surface area contributed by atoms with Crippen LogP contribution in [-0.4, -0.2) is 19.1 Å². The van der Waals surface area contributed by atoms with Gasteiger partial charge in [0, 0.05) is 37.7 Å². The predicted octanol–water partition coefficient (Wildman–Crippen LogP) is 3.76. The van der Waals surface area contributed by atoms with Crippen LogP contribution in [0.5, 0.6) is 0 Å². The molecule has 0 amide bonds. The molecular weight excluding hydrogens is 285 g/mol. The van der Waals surface area contributed by atoms with Crippen molar-refractivity contribution in [2.45, 2.75) is 32.9 Å². The van der Waals surface area contributed by atoms with Gasteiger partial charge in [-0.15, -0.1) is 11.3 Å². The summed E-state index contributed by atoms with van der Waals surface area (Å²) < 4.78 is 13.4. The maximum Gasteiger partial charge on any atom is 0.125 e. The van der Waals surface area contributed by atoms with Gasteiger partial charge in [-0.05, 0) is 31.0 Å². The van der Waals surface area contributed by atoms with Crippen LogP contribution in [0.1, 0.15) is 36.2 Å². The molecule has 0 spiro atoms. The smallest absolute Gasteiger partial charge is 0.125 e. The minimum Gasteiger partial charge on any atom is -0.377 e. The van der Waals surface area contributed by atoms with Crippen molar-refractivity contribution in [2.24, 2.45) is 0 Å². The van der Waals surface area contributed by atoms with Crippen LogP contribution in [0.2, 0.25) is 0 Å². The summed E-state index contributed by atoms with van der Waals surface area (Å²) in [4.78, 5) is 6.49. The molecule has 21 heavy (non-hydrogen) atoms. The zero-order valence-corrected chi connectivity index (χ0v) is 13.8. The van der Waals surface area contributed by atoms with E-state index in [-0.39, 0.29) is 11.9 Å². The molecule has 0 aliphatic carbocycles. The Kier molecular flexibility index (Phi) is 5.31. The standard InChI is InChI=1S/C16H22FN3S/c1-5-16-19-13(10-21-16)9-18-11(2)14-7-6-12(17)8-15(14)20(3)4/h6-8,10-11,18H,5,9H2,1-4H3. The van der Waals surface area contributed by atoms with Crippen LogP contribution in [0.3, 0.4) is 0 Å². The molecular formula is C16H22FN3S. The first kappa shape index (κ1) is 15.9. The fraction of sp³-hybridized carbons (Fsp3) is 0.438. The van der Waals surface area contributed by atoms with Crippen molar-refractivity contribution in [3.63, 3.8) is 0 Å². The number of nitrogens with zero attached hydrogens (tertiary/aromatic N) is 2. The SMILES string of the molecule is CCc1nc(CNC(C)c2ccc(F)cc2N(C)C)cs1. The van der Waals surface area contributed by atoms with Gasteiger partial charge in [0.25, 0.3) is 0 Å². The lowest BCUT2D eigenvalue weighted by Gasteiger charge is -2.22. The molecule has 114 valence electrons. The Bertz CT molecular complexity index is 595. The molecule has 5 heteroatoms. The first-order chi connectivity index (χ1) is 10.0. The van der Waals surface area contributed by atoms with Crippen LogP contribution >= 0.6 is 11.3 Å². The highest BCUT2D eigenvalue weighted by Crippen LogP contribution is 2.26. The van der Waals surface area contributed by atoms with Crippen LogP contribution in [0, 0.1) is 5.82 Å². The molecule has 0 bridgehead atoms. The van der Waals surface area contributed by atoms with Crippen molar-refractivity contribution < 1.29 is 4.39 Å². The third kappa shape index (κ3) is 4.02. The molecule has 2 rings (SSSR count). The fourth-order valence-corrected chi connectivity index (χ4v) is 2.98. The number of rotatable bonds is 6. The average molecular weight is 307 g/mol. The van der Waals surface area contributed by atoms with Gasteiger partial charge in [0.1, 0.15) is 5.82 Å². The minimum atomic E-state index is -0.207. The normalized spacial score (nSPS) is 12.4. The van der Waals surface area contributed by atoms with Crippen molar-refractivity contribution in [2.75, 3.05) is 19.0 Å². The number of benzene rings is 1. The molecule has 0 saturated heterocycles. The first-order valence-corrected chi connectivity index (χ1v) is 8.02. The molecule has 1 aromatic carbocycles. The zero-order chi connectivity index (χ0) is 15.4. The summed E-state index contributed by atoms with van der Waals surface area (Å²) in [5, 5.41) is 6.72. The van der Waals surface area contributed by atoms with E-state index in [0.717, 1.165) is 34.9 Å². The van der Waals surface area contributed by atoms with Crippen molar-refractivity contribution in [3.8, 4) is 0 Å². The van der Waals surface area contributed by atoms with Crippen molar-refractivity contribution in [3.05, 3.63) is 45.7 Å². The molecule has 1 aromatic heterocycles. The molecule has 0 saturated carbocycles. The minimum absolute atomic E-state index is 0.134. The second-order valence-corrected chi connectivity index (χ2v) is 6.23. The highest BCUT2D eigenvalue weighted by atomic mass is 32.1. The van der Waals surface area contributed by atoms with Gasteiger partial charge in [0.2, 0.25) is 0 Å². The number of thiazole rings is 1. The maximum absolute atomic E-state index is 13.4. The molecule has 1 N–H and O–H groups in total. The number of hydrogen-bond donors (Lipinski definition) is 1. The van der Waals surface area contributed by atoms with E-state index < -0.39 is 0 Å². The number of halogens is 1. The molecule has 1 heterocycles. The molecule has 0 aliphatic heterocycles. The Labute approximate surface area is 129 Å². The third-order valence-corrected chi connectivity index (χ3v) is 4.47. The summed E-state index contributed by atoms with van der Waals surface area (Å²) in [7, 11) is 3.86. The van der Waals surface area contributed by atoms with Gasteiger partial charge >= 0.3 is 0 Å². The molecule has 0 fully saturated rings. The number of hydrogen-bond acceptors (Lipinski definition) is 4.